The number of carbonyl (C=O) groups excluding carboxylic acids is 2. The van der Waals surface area contributed by atoms with Crippen LogP contribution in [0.15, 0.2) is 41.8 Å². The summed E-state index contributed by atoms with van der Waals surface area (Å²) in [5, 5.41) is 4.52. The number of unbranched alkanes of at least 4 members (excludes halogenated alkanes) is 5. The molecule has 1 N–H and O–H groups in total. The van der Waals surface area contributed by atoms with Gasteiger partial charge in [-0.3, -0.25) is 9.59 Å². The summed E-state index contributed by atoms with van der Waals surface area (Å²) in [6.45, 7) is 2.92. The Kier molecular flexibility index (Phi) is 11.8. The maximum absolute atomic E-state index is 11.8. The lowest BCUT2D eigenvalue weighted by atomic mass is 10.1. The van der Waals surface area contributed by atoms with Crippen molar-refractivity contribution in [2.75, 3.05) is 6.54 Å². The molecule has 0 aromatic heterocycles. The normalized spacial score (nSPS) is 10.9. The van der Waals surface area contributed by atoms with E-state index in [0.29, 0.717) is 13.0 Å². The lowest BCUT2D eigenvalue weighted by Gasteiger charge is -2.02. The fourth-order valence-electron chi connectivity index (χ4n) is 2.30. The quantitative estimate of drug-likeness (QED) is 0.433. The van der Waals surface area contributed by atoms with E-state index in [0.717, 1.165) is 36.6 Å². The molecule has 0 saturated carbocycles. The zero-order valence-electron chi connectivity index (χ0n) is 14.6. The molecule has 0 spiro atoms. The van der Waals surface area contributed by atoms with Crippen LogP contribution in [-0.4, -0.2) is 17.6 Å². The van der Waals surface area contributed by atoms with E-state index in [4.69, 9.17) is 0 Å². The van der Waals surface area contributed by atoms with Gasteiger partial charge in [-0.25, -0.2) is 0 Å². The number of nitrogens with one attached hydrogen (secondary N) is 1. The van der Waals surface area contributed by atoms with Crippen molar-refractivity contribution in [2.24, 2.45) is 0 Å². The van der Waals surface area contributed by atoms with E-state index in [1.54, 1.807) is 5.41 Å². The standard InChI is InChI=1S/C20H29NO2S/c1-2-3-4-5-6-10-16-21-19(22)15-17-24-20(23)14-13-18-11-8-7-9-12-18/h7-9,11-12,15,17H,2-6,10,13-14,16H2,1H3,(H,21,22)/b17-15-. The number of amides is 1. The van der Waals surface area contributed by atoms with Crippen LogP contribution in [0.25, 0.3) is 0 Å². The van der Waals surface area contributed by atoms with Crippen LogP contribution in [0.5, 0.6) is 0 Å². The summed E-state index contributed by atoms with van der Waals surface area (Å²) in [7, 11) is 0. The average molecular weight is 348 g/mol. The minimum absolute atomic E-state index is 0.0822. The second kappa shape index (κ2) is 13.8. The Labute approximate surface area is 150 Å². The third-order valence-electron chi connectivity index (χ3n) is 3.71. The molecule has 3 nitrogen and oxygen atoms in total. The molecule has 24 heavy (non-hydrogen) atoms. The van der Waals surface area contributed by atoms with Crippen LogP contribution < -0.4 is 5.32 Å². The summed E-state index contributed by atoms with van der Waals surface area (Å²) in [6, 6.07) is 9.95. The summed E-state index contributed by atoms with van der Waals surface area (Å²) in [5.74, 6) is -0.119. The summed E-state index contributed by atoms with van der Waals surface area (Å²) < 4.78 is 0. The predicted octanol–water partition coefficient (Wildman–Crippen LogP) is 4.87. The Bertz CT molecular complexity index is 500. The Morgan fingerprint density at radius 2 is 1.75 bits per heavy atom. The van der Waals surface area contributed by atoms with Crippen molar-refractivity contribution in [1.29, 1.82) is 0 Å². The van der Waals surface area contributed by atoms with Gasteiger partial charge < -0.3 is 5.32 Å². The molecule has 0 bridgehead atoms. The predicted molar refractivity (Wildman–Crippen MR) is 103 cm³/mol. The molecular weight excluding hydrogens is 318 g/mol. The Morgan fingerprint density at radius 3 is 2.50 bits per heavy atom. The molecule has 1 rings (SSSR count). The van der Waals surface area contributed by atoms with E-state index >= 15 is 0 Å². The monoisotopic (exact) mass is 347 g/mol. The van der Waals surface area contributed by atoms with E-state index in [1.807, 2.05) is 30.3 Å². The van der Waals surface area contributed by atoms with E-state index in [1.165, 1.54) is 31.8 Å². The van der Waals surface area contributed by atoms with Crippen molar-refractivity contribution >= 4 is 22.8 Å². The number of aryl methyl sites for hydroxylation is 1. The van der Waals surface area contributed by atoms with Crippen molar-refractivity contribution in [3.63, 3.8) is 0 Å². The van der Waals surface area contributed by atoms with E-state index < -0.39 is 0 Å². The average Bonchev–Trinajstić information content (AvgIpc) is 2.60. The van der Waals surface area contributed by atoms with Gasteiger partial charge in [0.25, 0.3) is 0 Å². The number of rotatable bonds is 12. The highest BCUT2D eigenvalue weighted by Gasteiger charge is 2.02. The first-order valence-corrected chi connectivity index (χ1v) is 9.78. The summed E-state index contributed by atoms with van der Waals surface area (Å²) >= 11 is 1.10. The molecule has 0 fully saturated rings. The van der Waals surface area contributed by atoms with Crippen LogP contribution in [0.3, 0.4) is 0 Å². The van der Waals surface area contributed by atoms with Crippen molar-refractivity contribution in [2.45, 2.75) is 58.3 Å². The molecule has 1 aromatic carbocycles. The summed E-state index contributed by atoms with van der Waals surface area (Å²) in [4.78, 5) is 23.4. The van der Waals surface area contributed by atoms with E-state index in [2.05, 4.69) is 12.2 Å². The molecule has 0 atom stereocenters. The molecule has 0 radical (unpaired) electrons. The molecular formula is C20H29NO2S. The molecule has 0 unspecified atom stereocenters. The van der Waals surface area contributed by atoms with Crippen LogP contribution in [-0.2, 0) is 16.0 Å². The first kappa shape index (κ1) is 20.5. The third kappa shape index (κ3) is 11.1. The zero-order valence-corrected chi connectivity index (χ0v) is 15.4. The molecule has 132 valence electrons. The van der Waals surface area contributed by atoms with Gasteiger partial charge in [-0.05, 0) is 23.8 Å². The van der Waals surface area contributed by atoms with Gasteiger partial charge in [-0.2, -0.15) is 0 Å². The third-order valence-corrected chi connectivity index (χ3v) is 4.45. The molecule has 0 saturated heterocycles. The van der Waals surface area contributed by atoms with E-state index in [9.17, 15) is 9.59 Å². The number of hydrogen-bond donors (Lipinski definition) is 1. The van der Waals surface area contributed by atoms with Crippen LogP contribution in [0.4, 0.5) is 0 Å². The molecule has 4 heteroatoms. The van der Waals surface area contributed by atoms with Gasteiger partial charge in [0.05, 0.1) is 0 Å². The second-order valence-electron chi connectivity index (χ2n) is 5.84. The van der Waals surface area contributed by atoms with Gasteiger partial charge in [0.2, 0.25) is 5.91 Å². The topological polar surface area (TPSA) is 46.2 Å². The van der Waals surface area contributed by atoms with Gasteiger partial charge in [-0.15, -0.1) is 0 Å². The number of thioether (sulfide) groups is 1. The Morgan fingerprint density at radius 1 is 1.04 bits per heavy atom. The highest BCUT2D eigenvalue weighted by Crippen LogP contribution is 2.11. The summed E-state index contributed by atoms with van der Waals surface area (Å²) in [6.07, 6.45) is 9.93. The number of hydrogen-bond acceptors (Lipinski definition) is 3. The van der Waals surface area contributed by atoms with Crippen molar-refractivity contribution in [3.8, 4) is 0 Å². The SMILES string of the molecule is CCCCCCCCNC(=O)/C=C\SC(=O)CCc1ccccc1. The van der Waals surface area contributed by atoms with Gasteiger partial charge in [-0.1, -0.05) is 81.1 Å². The van der Waals surface area contributed by atoms with Crippen molar-refractivity contribution in [3.05, 3.63) is 47.4 Å². The van der Waals surface area contributed by atoms with Crippen LogP contribution in [0.2, 0.25) is 0 Å². The first-order valence-electron chi connectivity index (χ1n) is 8.90. The number of benzene rings is 1. The maximum atomic E-state index is 11.8. The van der Waals surface area contributed by atoms with E-state index in [-0.39, 0.29) is 11.0 Å². The molecule has 0 aliphatic carbocycles. The minimum atomic E-state index is -0.119. The Balaban J connectivity index is 2.04. The molecule has 1 aromatic rings. The minimum Gasteiger partial charge on any atom is -0.353 e. The Hall–Kier alpha value is -1.55. The van der Waals surface area contributed by atoms with Crippen molar-refractivity contribution in [1.82, 2.24) is 5.32 Å². The van der Waals surface area contributed by atoms with Gasteiger partial charge in [0.1, 0.15) is 0 Å². The van der Waals surface area contributed by atoms with Gasteiger partial charge >= 0.3 is 0 Å². The zero-order chi connectivity index (χ0) is 17.5. The van der Waals surface area contributed by atoms with Crippen molar-refractivity contribution < 1.29 is 9.59 Å². The lowest BCUT2D eigenvalue weighted by molar-refractivity contribution is -0.116. The fourth-order valence-corrected chi connectivity index (χ4v) is 2.86. The second-order valence-corrected chi connectivity index (χ2v) is 6.80. The highest BCUT2D eigenvalue weighted by molar-refractivity contribution is 8.16. The molecule has 1 amide bonds. The van der Waals surface area contributed by atoms with Gasteiger partial charge in [0.15, 0.2) is 5.12 Å². The largest absolute Gasteiger partial charge is 0.353 e. The van der Waals surface area contributed by atoms with Gasteiger partial charge in [0, 0.05) is 19.0 Å². The fraction of sp³-hybridized carbons (Fsp3) is 0.500. The van der Waals surface area contributed by atoms with Crippen LogP contribution in [0.1, 0.15) is 57.4 Å². The lowest BCUT2D eigenvalue weighted by Crippen LogP contribution is -2.21. The summed E-state index contributed by atoms with van der Waals surface area (Å²) in [5.41, 5.74) is 1.16. The molecule has 0 aliphatic rings. The number of carbonyl (C=O) groups is 2. The maximum Gasteiger partial charge on any atom is 0.244 e. The first-order chi connectivity index (χ1) is 11.7. The molecule has 0 aliphatic heterocycles. The van der Waals surface area contributed by atoms with Crippen LogP contribution >= 0.6 is 11.8 Å². The molecule has 0 heterocycles. The smallest absolute Gasteiger partial charge is 0.244 e. The highest BCUT2D eigenvalue weighted by atomic mass is 32.2. The van der Waals surface area contributed by atoms with Crippen LogP contribution in [0, 0.1) is 0 Å².